The van der Waals surface area contributed by atoms with Crippen LogP contribution >= 0.6 is 0 Å². The summed E-state index contributed by atoms with van der Waals surface area (Å²) in [4.78, 5) is 0. The Labute approximate surface area is 86.9 Å². The summed E-state index contributed by atoms with van der Waals surface area (Å²) < 4.78 is 10.3. The highest BCUT2D eigenvalue weighted by atomic mass is 16.5. The summed E-state index contributed by atoms with van der Waals surface area (Å²) in [5.41, 5.74) is 2.27. The molecule has 0 aliphatic rings. The van der Waals surface area contributed by atoms with Gasteiger partial charge in [-0.3, -0.25) is 0 Å². The number of methoxy groups -OCH3 is 2. The third-order valence-electron chi connectivity index (χ3n) is 1.91. The number of hydrogen-bond donors (Lipinski definition) is 0. The van der Waals surface area contributed by atoms with Crippen LogP contribution in [0.4, 0.5) is 0 Å². The molecule has 0 aliphatic carbocycles. The van der Waals surface area contributed by atoms with E-state index in [4.69, 9.17) is 9.47 Å². The first-order chi connectivity index (χ1) is 6.69. The summed E-state index contributed by atoms with van der Waals surface area (Å²) in [6, 6.07) is 3.96. The summed E-state index contributed by atoms with van der Waals surface area (Å²) in [6.45, 7) is 8.04. The maximum absolute atomic E-state index is 5.16. The lowest BCUT2D eigenvalue weighted by atomic mass is 10.1. The van der Waals surface area contributed by atoms with Gasteiger partial charge in [0.15, 0.2) is 0 Å². The number of aryl methyl sites for hydroxylation is 2. The Kier molecular flexibility index (Phi) is 5.77. The summed E-state index contributed by atoms with van der Waals surface area (Å²) in [6.07, 6.45) is 0. The van der Waals surface area contributed by atoms with Crippen LogP contribution in [-0.2, 0) is 0 Å². The van der Waals surface area contributed by atoms with E-state index >= 15 is 0 Å². The van der Waals surface area contributed by atoms with E-state index in [2.05, 4.69) is 6.07 Å². The van der Waals surface area contributed by atoms with E-state index in [9.17, 15) is 0 Å². The second-order valence-corrected chi connectivity index (χ2v) is 2.79. The minimum Gasteiger partial charge on any atom is -0.496 e. The quantitative estimate of drug-likeness (QED) is 0.722. The SMILES string of the molecule is CC.COc1cc(OC)c(C)cc1C. The standard InChI is InChI=1S/C10H14O2.C2H6/c1-7-5-8(2)10(12-4)6-9(7)11-3;1-2/h5-6H,1-4H3;1-2H3. The minimum absolute atomic E-state index is 0.873. The highest BCUT2D eigenvalue weighted by Crippen LogP contribution is 2.27. The van der Waals surface area contributed by atoms with Crippen LogP contribution in [0.15, 0.2) is 12.1 Å². The van der Waals surface area contributed by atoms with Crippen LogP contribution in [0.1, 0.15) is 25.0 Å². The molecule has 0 N–H and O–H groups in total. The molecule has 1 aromatic carbocycles. The van der Waals surface area contributed by atoms with Crippen molar-refractivity contribution in [1.82, 2.24) is 0 Å². The largest absolute Gasteiger partial charge is 0.496 e. The van der Waals surface area contributed by atoms with Gasteiger partial charge in [-0.15, -0.1) is 0 Å². The van der Waals surface area contributed by atoms with Crippen LogP contribution < -0.4 is 9.47 Å². The molecule has 0 bridgehead atoms. The lowest BCUT2D eigenvalue weighted by Gasteiger charge is -2.09. The van der Waals surface area contributed by atoms with Crippen molar-refractivity contribution in [1.29, 1.82) is 0 Å². The minimum atomic E-state index is 0.873. The molecule has 0 saturated carbocycles. The first kappa shape index (κ1) is 12.8. The van der Waals surface area contributed by atoms with E-state index in [0.29, 0.717) is 0 Å². The van der Waals surface area contributed by atoms with Crippen molar-refractivity contribution in [3.05, 3.63) is 23.3 Å². The topological polar surface area (TPSA) is 18.5 Å². The van der Waals surface area contributed by atoms with Gasteiger partial charge in [-0.2, -0.15) is 0 Å². The molecule has 0 saturated heterocycles. The zero-order valence-corrected chi connectivity index (χ0v) is 9.97. The maximum atomic E-state index is 5.16. The fourth-order valence-electron chi connectivity index (χ4n) is 1.25. The van der Waals surface area contributed by atoms with Gasteiger partial charge < -0.3 is 9.47 Å². The second kappa shape index (κ2) is 6.30. The molecule has 1 aromatic rings. The van der Waals surface area contributed by atoms with Crippen molar-refractivity contribution < 1.29 is 9.47 Å². The monoisotopic (exact) mass is 196 g/mol. The normalized spacial score (nSPS) is 8.71. The molecule has 0 heterocycles. The first-order valence-electron chi connectivity index (χ1n) is 4.88. The van der Waals surface area contributed by atoms with E-state index < -0.39 is 0 Å². The van der Waals surface area contributed by atoms with Gasteiger partial charge in [0.1, 0.15) is 11.5 Å². The Bertz CT molecular complexity index is 255. The molecule has 0 unspecified atom stereocenters. The molecule has 14 heavy (non-hydrogen) atoms. The molecule has 2 heteroatoms. The van der Waals surface area contributed by atoms with Crippen LogP contribution in [0.3, 0.4) is 0 Å². The van der Waals surface area contributed by atoms with Crippen molar-refractivity contribution in [3.63, 3.8) is 0 Å². The average Bonchev–Trinajstić information content (AvgIpc) is 2.21. The van der Waals surface area contributed by atoms with Crippen molar-refractivity contribution in [2.24, 2.45) is 0 Å². The van der Waals surface area contributed by atoms with Gasteiger partial charge in [-0.05, 0) is 31.0 Å². The van der Waals surface area contributed by atoms with Gasteiger partial charge in [-0.1, -0.05) is 13.8 Å². The highest BCUT2D eigenvalue weighted by molar-refractivity contribution is 5.45. The van der Waals surface area contributed by atoms with Crippen LogP contribution in [0.25, 0.3) is 0 Å². The molecule has 1 rings (SSSR count). The molecule has 80 valence electrons. The fraction of sp³-hybridized carbons (Fsp3) is 0.500. The van der Waals surface area contributed by atoms with Crippen LogP contribution in [0, 0.1) is 13.8 Å². The molecule has 0 fully saturated rings. The average molecular weight is 196 g/mol. The maximum Gasteiger partial charge on any atom is 0.125 e. The van der Waals surface area contributed by atoms with Gasteiger partial charge in [0.05, 0.1) is 14.2 Å². The highest BCUT2D eigenvalue weighted by Gasteiger charge is 2.03. The molecule has 0 amide bonds. The summed E-state index contributed by atoms with van der Waals surface area (Å²) in [5.74, 6) is 1.75. The predicted molar refractivity (Wildman–Crippen MR) is 60.4 cm³/mol. The Hall–Kier alpha value is -1.18. The third-order valence-corrected chi connectivity index (χ3v) is 1.91. The molecular weight excluding hydrogens is 176 g/mol. The molecule has 0 radical (unpaired) electrons. The van der Waals surface area contributed by atoms with E-state index in [-0.39, 0.29) is 0 Å². The number of hydrogen-bond acceptors (Lipinski definition) is 2. The molecular formula is C12H20O2. The predicted octanol–water partition coefficient (Wildman–Crippen LogP) is 3.35. The van der Waals surface area contributed by atoms with E-state index in [1.165, 1.54) is 0 Å². The second-order valence-electron chi connectivity index (χ2n) is 2.79. The van der Waals surface area contributed by atoms with Gasteiger partial charge in [0, 0.05) is 6.07 Å². The van der Waals surface area contributed by atoms with Crippen molar-refractivity contribution in [3.8, 4) is 11.5 Å². The van der Waals surface area contributed by atoms with Gasteiger partial charge in [0.2, 0.25) is 0 Å². The van der Waals surface area contributed by atoms with Crippen LogP contribution in [0.5, 0.6) is 11.5 Å². The van der Waals surface area contributed by atoms with Crippen LogP contribution in [-0.4, -0.2) is 14.2 Å². The van der Waals surface area contributed by atoms with E-state index in [0.717, 1.165) is 22.6 Å². The van der Waals surface area contributed by atoms with Crippen molar-refractivity contribution >= 4 is 0 Å². The van der Waals surface area contributed by atoms with Gasteiger partial charge >= 0.3 is 0 Å². The lowest BCUT2D eigenvalue weighted by Crippen LogP contribution is -1.92. The van der Waals surface area contributed by atoms with Crippen molar-refractivity contribution in [2.45, 2.75) is 27.7 Å². The zero-order chi connectivity index (χ0) is 11.1. The Morgan fingerprint density at radius 1 is 0.786 bits per heavy atom. The summed E-state index contributed by atoms with van der Waals surface area (Å²) in [5, 5.41) is 0. The molecule has 0 aliphatic heterocycles. The number of ether oxygens (including phenoxy) is 2. The zero-order valence-electron chi connectivity index (χ0n) is 9.97. The summed E-state index contributed by atoms with van der Waals surface area (Å²) >= 11 is 0. The molecule has 0 spiro atoms. The van der Waals surface area contributed by atoms with Crippen molar-refractivity contribution in [2.75, 3.05) is 14.2 Å². The number of rotatable bonds is 2. The lowest BCUT2D eigenvalue weighted by molar-refractivity contribution is 0.390. The molecule has 0 atom stereocenters. The number of benzene rings is 1. The van der Waals surface area contributed by atoms with E-state index in [1.807, 2.05) is 33.8 Å². The Morgan fingerprint density at radius 2 is 1.14 bits per heavy atom. The Balaban J connectivity index is 0.000000791. The van der Waals surface area contributed by atoms with Gasteiger partial charge in [0.25, 0.3) is 0 Å². The van der Waals surface area contributed by atoms with Crippen LogP contribution in [0.2, 0.25) is 0 Å². The summed E-state index contributed by atoms with van der Waals surface area (Å²) in [7, 11) is 3.33. The molecule has 2 nitrogen and oxygen atoms in total. The first-order valence-corrected chi connectivity index (χ1v) is 4.88. The Morgan fingerprint density at radius 3 is 1.43 bits per heavy atom. The fourth-order valence-corrected chi connectivity index (χ4v) is 1.25. The van der Waals surface area contributed by atoms with E-state index in [1.54, 1.807) is 14.2 Å². The molecule has 0 aromatic heterocycles. The smallest absolute Gasteiger partial charge is 0.125 e. The van der Waals surface area contributed by atoms with Gasteiger partial charge in [-0.25, -0.2) is 0 Å². The third kappa shape index (κ3) is 2.95.